The van der Waals surface area contributed by atoms with E-state index in [4.69, 9.17) is 0 Å². The number of hydrogen-bond acceptors (Lipinski definition) is 3. The van der Waals surface area contributed by atoms with Crippen molar-refractivity contribution >= 4 is 12.4 Å². The minimum absolute atomic E-state index is 0. The summed E-state index contributed by atoms with van der Waals surface area (Å²) in [5, 5.41) is 13.3. The molecule has 19 heavy (non-hydrogen) atoms. The van der Waals surface area contributed by atoms with E-state index in [2.05, 4.69) is 10.2 Å². The fourth-order valence-electron chi connectivity index (χ4n) is 2.57. The molecule has 0 aliphatic carbocycles. The highest BCUT2D eigenvalue weighted by Crippen LogP contribution is 2.32. The van der Waals surface area contributed by atoms with Gasteiger partial charge < -0.3 is 10.4 Å². The highest BCUT2D eigenvalue weighted by Gasteiger charge is 2.24. The Morgan fingerprint density at radius 3 is 2.68 bits per heavy atom. The maximum Gasteiger partial charge on any atom is 0.120 e. The van der Waals surface area contributed by atoms with Crippen molar-refractivity contribution in [3.05, 3.63) is 29.3 Å². The number of phenols is 1. The molecule has 0 radical (unpaired) electrons. The average molecular weight is 289 g/mol. The van der Waals surface area contributed by atoms with Crippen molar-refractivity contribution in [3.8, 4) is 5.75 Å². The second-order valence-electron chi connectivity index (χ2n) is 4.84. The van der Waals surface area contributed by atoms with Gasteiger partial charge in [-0.3, -0.25) is 9.29 Å². The zero-order chi connectivity index (χ0) is 13.0. The summed E-state index contributed by atoms with van der Waals surface area (Å²) in [6.45, 7) is 5.29. The van der Waals surface area contributed by atoms with Crippen LogP contribution in [0.15, 0.2) is 18.2 Å². The number of aryl methyl sites for hydroxylation is 1. The van der Waals surface area contributed by atoms with Gasteiger partial charge in [0.1, 0.15) is 5.75 Å². The molecule has 3 nitrogen and oxygen atoms in total. The lowest BCUT2D eigenvalue weighted by Gasteiger charge is -2.35. The quantitative estimate of drug-likeness (QED) is 0.893. The molecule has 0 unspecified atom stereocenters. The van der Waals surface area contributed by atoms with Crippen molar-refractivity contribution in [1.29, 1.82) is 0 Å². The van der Waals surface area contributed by atoms with Crippen LogP contribution in [0.4, 0.5) is 4.39 Å². The Labute approximate surface area is 120 Å². The predicted molar refractivity (Wildman–Crippen MR) is 77.9 cm³/mol. The molecule has 1 aromatic carbocycles. The van der Waals surface area contributed by atoms with Crippen molar-refractivity contribution in [2.24, 2.45) is 0 Å². The maximum atomic E-state index is 12.8. The minimum atomic E-state index is -0.359. The lowest BCUT2D eigenvalue weighted by molar-refractivity contribution is 0.155. The SMILES string of the molecule is Cc1ccc(O)c([C@H](CCF)N2CCNCC2)c1.Cl. The van der Waals surface area contributed by atoms with Crippen LogP contribution in [-0.4, -0.2) is 42.9 Å². The van der Waals surface area contributed by atoms with Gasteiger partial charge in [-0.05, 0) is 19.4 Å². The Kier molecular flexibility index (Phi) is 6.55. The zero-order valence-electron chi connectivity index (χ0n) is 11.2. The second kappa shape index (κ2) is 7.68. The van der Waals surface area contributed by atoms with Gasteiger partial charge in [0.25, 0.3) is 0 Å². The van der Waals surface area contributed by atoms with Crippen molar-refractivity contribution < 1.29 is 9.50 Å². The second-order valence-corrected chi connectivity index (χ2v) is 4.84. The van der Waals surface area contributed by atoms with Gasteiger partial charge in [-0.2, -0.15) is 0 Å². The van der Waals surface area contributed by atoms with Gasteiger partial charge in [-0.15, -0.1) is 12.4 Å². The number of hydrogen-bond donors (Lipinski definition) is 2. The number of rotatable bonds is 4. The molecule has 2 rings (SSSR count). The number of aromatic hydroxyl groups is 1. The number of nitrogens with zero attached hydrogens (tertiary/aromatic N) is 1. The molecule has 1 saturated heterocycles. The van der Waals surface area contributed by atoms with Gasteiger partial charge in [0.15, 0.2) is 0 Å². The van der Waals surface area contributed by atoms with Crippen LogP contribution in [0.3, 0.4) is 0 Å². The number of phenolic OH excluding ortho intramolecular Hbond substituents is 1. The topological polar surface area (TPSA) is 35.5 Å². The number of piperazine rings is 1. The Morgan fingerprint density at radius 2 is 2.05 bits per heavy atom. The van der Waals surface area contributed by atoms with Crippen LogP contribution in [0.5, 0.6) is 5.75 Å². The van der Waals surface area contributed by atoms with Crippen LogP contribution in [-0.2, 0) is 0 Å². The van der Waals surface area contributed by atoms with Crippen LogP contribution in [0.2, 0.25) is 0 Å². The van der Waals surface area contributed by atoms with Crippen LogP contribution in [0, 0.1) is 6.92 Å². The Bertz CT molecular complexity index is 397. The first-order valence-electron chi connectivity index (χ1n) is 6.52. The molecular formula is C14H22ClFN2O. The highest BCUT2D eigenvalue weighted by atomic mass is 35.5. The average Bonchev–Trinajstić information content (AvgIpc) is 2.40. The van der Waals surface area contributed by atoms with E-state index in [-0.39, 0.29) is 30.9 Å². The summed E-state index contributed by atoms with van der Waals surface area (Å²) < 4.78 is 12.8. The van der Waals surface area contributed by atoms with E-state index in [1.54, 1.807) is 6.07 Å². The smallest absolute Gasteiger partial charge is 0.120 e. The molecule has 5 heteroatoms. The standard InChI is InChI=1S/C14H21FN2O.ClH/c1-11-2-3-14(18)12(10-11)13(4-5-15)17-8-6-16-7-9-17;/h2-3,10,13,16,18H,4-9H2,1H3;1H/t13-;/m0./s1. The van der Waals surface area contributed by atoms with E-state index < -0.39 is 0 Å². The summed E-state index contributed by atoms with van der Waals surface area (Å²) in [5.41, 5.74) is 1.95. The molecule has 0 bridgehead atoms. The largest absolute Gasteiger partial charge is 0.508 e. The first-order valence-corrected chi connectivity index (χ1v) is 6.52. The molecular weight excluding hydrogens is 267 g/mol. The van der Waals surface area contributed by atoms with Gasteiger partial charge in [0, 0.05) is 37.8 Å². The third-order valence-electron chi connectivity index (χ3n) is 3.52. The molecule has 0 spiro atoms. The molecule has 1 fully saturated rings. The summed E-state index contributed by atoms with van der Waals surface area (Å²) >= 11 is 0. The monoisotopic (exact) mass is 288 g/mol. The van der Waals surface area contributed by atoms with Crippen molar-refractivity contribution in [2.75, 3.05) is 32.9 Å². The van der Waals surface area contributed by atoms with Crippen LogP contribution < -0.4 is 5.32 Å². The van der Waals surface area contributed by atoms with E-state index in [9.17, 15) is 9.50 Å². The highest BCUT2D eigenvalue weighted by molar-refractivity contribution is 5.85. The fourth-order valence-corrected chi connectivity index (χ4v) is 2.57. The summed E-state index contributed by atoms with van der Waals surface area (Å²) in [6, 6.07) is 5.54. The summed E-state index contributed by atoms with van der Waals surface area (Å²) in [4.78, 5) is 2.25. The zero-order valence-corrected chi connectivity index (χ0v) is 12.0. The molecule has 0 saturated carbocycles. The molecule has 1 aromatic rings. The summed E-state index contributed by atoms with van der Waals surface area (Å²) in [7, 11) is 0. The molecule has 2 N–H and O–H groups in total. The van der Waals surface area contributed by atoms with E-state index in [1.165, 1.54) is 0 Å². The van der Waals surface area contributed by atoms with Crippen molar-refractivity contribution in [3.63, 3.8) is 0 Å². The van der Waals surface area contributed by atoms with Crippen LogP contribution >= 0.6 is 12.4 Å². The molecule has 0 amide bonds. The first kappa shape index (κ1) is 16.2. The predicted octanol–water partition coefficient (Wildman–Crippen LogP) is 2.43. The maximum absolute atomic E-state index is 12.8. The normalized spacial score (nSPS) is 17.8. The molecule has 108 valence electrons. The van der Waals surface area contributed by atoms with E-state index in [1.807, 2.05) is 19.1 Å². The Balaban J connectivity index is 0.00000180. The van der Waals surface area contributed by atoms with E-state index in [0.29, 0.717) is 6.42 Å². The number of halogens is 2. The Morgan fingerprint density at radius 1 is 1.37 bits per heavy atom. The third kappa shape index (κ3) is 4.06. The summed E-state index contributed by atoms with van der Waals surface area (Å²) in [5.74, 6) is 0.276. The molecule has 1 aliphatic rings. The molecule has 1 heterocycles. The van der Waals surface area contributed by atoms with Crippen LogP contribution in [0.1, 0.15) is 23.6 Å². The molecule has 1 aliphatic heterocycles. The molecule has 0 aromatic heterocycles. The lowest BCUT2D eigenvalue weighted by Crippen LogP contribution is -2.45. The number of nitrogens with one attached hydrogen (secondary N) is 1. The minimum Gasteiger partial charge on any atom is -0.508 e. The number of benzene rings is 1. The van der Waals surface area contributed by atoms with E-state index >= 15 is 0 Å². The van der Waals surface area contributed by atoms with Crippen molar-refractivity contribution in [2.45, 2.75) is 19.4 Å². The Hall–Kier alpha value is -0.840. The van der Waals surface area contributed by atoms with Crippen LogP contribution in [0.25, 0.3) is 0 Å². The van der Waals surface area contributed by atoms with Gasteiger partial charge >= 0.3 is 0 Å². The third-order valence-corrected chi connectivity index (χ3v) is 3.52. The van der Waals surface area contributed by atoms with Gasteiger partial charge in [0.05, 0.1) is 6.67 Å². The first-order chi connectivity index (χ1) is 8.72. The number of alkyl halides is 1. The van der Waals surface area contributed by atoms with E-state index in [0.717, 1.165) is 37.3 Å². The van der Waals surface area contributed by atoms with Crippen molar-refractivity contribution in [1.82, 2.24) is 10.2 Å². The molecule has 1 atom stereocenters. The van der Waals surface area contributed by atoms with Gasteiger partial charge in [0.2, 0.25) is 0 Å². The fraction of sp³-hybridized carbons (Fsp3) is 0.571. The summed E-state index contributed by atoms with van der Waals surface area (Å²) in [6.07, 6.45) is 0.441. The lowest BCUT2D eigenvalue weighted by atomic mass is 9.98. The van der Waals surface area contributed by atoms with Gasteiger partial charge in [-0.25, -0.2) is 0 Å². The van der Waals surface area contributed by atoms with Gasteiger partial charge in [-0.1, -0.05) is 17.7 Å².